The standard InChI is InChI=1S/C38H40ClF8N3O4/c1-19(2)12-28(50-18-23(8-11-49-9-7-10-49)26(16-29(50)51)37(42,43)44)35(54)48-36(20(3)4,17-30(52)53)32-33(40)25(15-27(34(32)41)38(45,46)47)31-21(5)13-24(39)14-22(31)6/h13-16,18-19,28H,3,7-12,17H2,1-2,4-6H3,(H,48,54)(H,52,53)/t28?,36-/m0/s1. The number of carboxylic acid groups (broad SMARTS) is 1. The Morgan fingerprint density at radius 1 is 0.963 bits per heavy atom. The predicted octanol–water partition coefficient (Wildman–Crippen LogP) is 9.00. The average Bonchev–Trinajstić information content (AvgIpc) is 2.98. The van der Waals surface area contributed by atoms with Crippen LogP contribution in [0, 0.1) is 31.4 Å². The van der Waals surface area contributed by atoms with E-state index in [1.165, 1.54) is 26.0 Å². The molecule has 2 atom stereocenters. The Kier molecular flexibility index (Phi) is 12.5. The highest BCUT2D eigenvalue weighted by Gasteiger charge is 2.48. The fourth-order valence-electron chi connectivity index (χ4n) is 6.90. The van der Waals surface area contributed by atoms with Crippen molar-refractivity contribution >= 4 is 23.5 Å². The number of hydrogen-bond donors (Lipinski definition) is 2. The van der Waals surface area contributed by atoms with Crippen molar-refractivity contribution in [2.45, 2.75) is 84.2 Å². The predicted molar refractivity (Wildman–Crippen MR) is 187 cm³/mol. The fourth-order valence-corrected chi connectivity index (χ4v) is 7.22. The highest BCUT2D eigenvalue weighted by Crippen LogP contribution is 2.46. The average molecular weight is 790 g/mol. The van der Waals surface area contributed by atoms with Crippen LogP contribution in [0.2, 0.25) is 5.02 Å². The van der Waals surface area contributed by atoms with Gasteiger partial charge in [-0.2, -0.15) is 26.3 Å². The molecular formula is C38H40ClF8N3O4. The highest BCUT2D eigenvalue weighted by molar-refractivity contribution is 6.30. The Morgan fingerprint density at radius 3 is 2.00 bits per heavy atom. The second kappa shape index (κ2) is 15.9. The quantitative estimate of drug-likeness (QED) is 0.133. The first-order valence-electron chi connectivity index (χ1n) is 17.0. The van der Waals surface area contributed by atoms with Crippen molar-refractivity contribution < 1.29 is 49.8 Å². The number of halogens is 9. The van der Waals surface area contributed by atoms with Crippen molar-refractivity contribution in [3.63, 3.8) is 0 Å². The number of likely N-dealkylation sites (tertiary alicyclic amines) is 1. The second-order valence-corrected chi connectivity index (χ2v) is 14.6. The van der Waals surface area contributed by atoms with E-state index in [2.05, 4.69) is 11.9 Å². The molecule has 1 amide bonds. The maximum atomic E-state index is 17.0. The van der Waals surface area contributed by atoms with E-state index < -0.39 is 93.2 Å². The number of hydrogen-bond acceptors (Lipinski definition) is 4. The molecular weight excluding hydrogens is 750 g/mol. The number of nitrogens with zero attached hydrogens (tertiary/aromatic N) is 2. The molecule has 0 bridgehead atoms. The van der Waals surface area contributed by atoms with Gasteiger partial charge in [-0.05, 0) is 105 Å². The lowest BCUT2D eigenvalue weighted by Gasteiger charge is -2.38. The maximum absolute atomic E-state index is 17.0. The zero-order chi connectivity index (χ0) is 40.7. The van der Waals surface area contributed by atoms with Crippen LogP contribution in [0.1, 0.15) is 79.5 Å². The Balaban J connectivity index is 2.01. The normalized spacial score (nSPS) is 15.5. The van der Waals surface area contributed by atoms with Crippen LogP contribution >= 0.6 is 11.6 Å². The molecule has 4 rings (SSSR count). The molecule has 1 fully saturated rings. The van der Waals surface area contributed by atoms with Gasteiger partial charge in [0.2, 0.25) is 5.91 Å². The number of carboxylic acids is 1. The van der Waals surface area contributed by atoms with Crippen LogP contribution in [0.4, 0.5) is 35.1 Å². The molecule has 2 N–H and O–H groups in total. The lowest BCUT2D eigenvalue weighted by molar-refractivity contribution is -0.140. The van der Waals surface area contributed by atoms with Gasteiger partial charge in [0, 0.05) is 29.4 Å². The first-order valence-corrected chi connectivity index (χ1v) is 17.4. The van der Waals surface area contributed by atoms with Crippen molar-refractivity contribution in [2.24, 2.45) is 5.92 Å². The Morgan fingerprint density at radius 2 is 1.54 bits per heavy atom. The van der Waals surface area contributed by atoms with Gasteiger partial charge < -0.3 is 19.9 Å². The minimum Gasteiger partial charge on any atom is -0.481 e. The maximum Gasteiger partial charge on any atom is 0.419 e. The summed E-state index contributed by atoms with van der Waals surface area (Å²) in [7, 11) is 0. The van der Waals surface area contributed by atoms with Crippen molar-refractivity contribution in [1.82, 2.24) is 14.8 Å². The summed E-state index contributed by atoms with van der Waals surface area (Å²) in [5, 5.41) is 12.5. The van der Waals surface area contributed by atoms with Crippen LogP contribution in [0.3, 0.4) is 0 Å². The number of aromatic nitrogens is 1. The lowest BCUT2D eigenvalue weighted by Crippen LogP contribution is -2.52. The Bertz CT molecular complexity index is 2000. The van der Waals surface area contributed by atoms with Gasteiger partial charge in [0.25, 0.3) is 5.56 Å². The summed E-state index contributed by atoms with van der Waals surface area (Å²) in [6.45, 7) is 12.3. The third-order valence-corrected chi connectivity index (χ3v) is 9.85. The van der Waals surface area contributed by atoms with Gasteiger partial charge in [-0.15, -0.1) is 0 Å². The van der Waals surface area contributed by atoms with E-state index in [9.17, 15) is 45.8 Å². The van der Waals surface area contributed by atoms with Crippen LogP contribution in [-0.4, -0.2) is 46.1 Å². The summed E-state index contributed by atoms with van der Waals surface area (Å²) >= 11 is 6.11. The largest absolute Gasteiger partial charge is 0.481 e. The molecule has 0 aliphatic carbocycles. The van der Waals surface area contributed by atoms with E-state index in [0.29, 0.717) is 19.2 Å². The number of rotatable bonds is 13. The SMILES string of the molecule is C=C(C)[C@](CC(=O)O)(NC(=O)C(CC(C)C)n1cc(CCN2CCC2)c(C(F)(F)F)cc1=O)c1c(F)c(-c2c(C)cc(Cl)cc2C)cc(C(F)(F)F)c1F. The van der Waals surface area contributed by atoms with Crippen LogP contribution in [-0.2, 0) is 33.9 Å². The monoisotopic (exact) mass is 789 g/mol. The number of aliphatic carboxylic acids is 1. The van der Waals surface area contributed by atoms with Crippen LogP contribution in [0.5, 0.6) is 0 Å². The van der Waals surface area contributed by atoms with E-state index in [0.717, 1.165) is 24.1 Å². The van der Waals surface area contributed by atoms with Gasteiger partial charge in [0.05, 0.1) is 23.1 Å². The number of aryl methyl sites for hydroxylation is 2. The zero-order valence-corrected chi connectivity index (χ0v) is 30.9. The molecule has 3 aromatic rings. The number of carbonyl (C=O) groups excluding carboxylic acids is 1. The molecule has 7 nitrogen and oxygen atoms in total. The van der Waals surface area contributed by atoms with Gasteiger partial charge in [-0.3, -0.25) is 14.4 Å². The third kappa shape index (κ3) is 8.83. The molecule has 2 aromatic carbocycles. The molecule has 1 aliphatic heterocycles. The van der Waals surface area contributed by atoms with E-state index in [4.69, 9.17) is 11.6 Å². The lowest BCUT2D eigenvalue weighted by atomic mass is 9.77. The number of nitrogens with one attached hydrogen (secondary N) is 1. The molecule has 1 unspecified atom stereocenters. The zero-order valence-electron chi connectivity index (χ0n) is 30.2. The number of alkyl halides is 6. The smallest absolute Gasteiger partial charge is 0.419 e. The minimum absolute atomic E-state index is 0.110. The van der Waals surface area contributed by atoms with Crippen LogP contribution in [0.15, 0.2) is 47.4 Å². The Hall–Kier alpha value is -4.24. The molecule has 1 aliphatic rings. The first-order chi connectivity index (χ1) is 24.9. The summed E-state index contributed by atoms with van der Waals surface area (Å²) in [5.74, 6) is -7.44. The topological polar surface area (TPSA) is 91.6 Å². The highest BCUT2D eigenvalue weighted by atomic mass is 35.5. The molecule has 2 heterocycles. The summed E-state index contributed by atoms with van der Waals surface area (Å²) in [6.07, 6.45) is -10.5. The van der Waals surface area contributed by atoms with E-state index in [1.54, 1.807) is 13.8 Å². The first kappa shape index (κ1) is 42.5. The van der Waals surface area contributed by atoms with E-state index >= 15 is 8.78 Å². The molecule has 0 radical (unpaired) electrons. The molecule has 294 valence electrons. The second-order valence-electron chi connectivity index (χ2n) is 14.2. The van der Waals surface area contributed by atoms with Crippen molar-refractivity contribution in [3.05, 3.63) is 103 Å². The number of pyridine rings is 1. The fraction of sp³-hybridized carbons (Fsp3) is 0.447. The van der Waals surface area contributed by atoms with Crippen LogP contribution < -0.4 is 10.9 Å². The summed E-state index contributed by atoms with van der Waals surface area (Å²) in [4.78, 5) is 42.1. The molecule has 0 saturated carbocycles. The third-order valence-electron chi connectivity index (χ3n) is 9.63. The summed E-state index contributed by atoms with van der Waals surface area (Å²) < 4.78 is 120. The molecule has 1 aromatic heterocycles. The minimum atomic E-state index is -5.45. The van der Waals surface area contributed by atoms with E-state index in [-0.39, 0.29) is 52.7 Å². The van der Waals surface area contributed by atoms with E-state index in [1.807, 2.05) is 4.90 Å². The summed E-state index contributed by atoms with van der Waals surface area (Å²) in [5.41, 5.74) is -10.2. The number of benzene rings is 2. The van der Waals surface area contributed by atoms with Gasteiger partial charge in [-0.1, -0.05) is 32.0 Å². The van der Waals surface area contributed by atoms with Crippen molar-refractivity contribution in [2.75, 3.05) is 19.6 Å². The Labute approximate surface area is 311 Å². The molecule has 54 heavy (non-hydrogen) atoms. The molecule has 0 spiro atoms. The van der Waals surface area contributed by atoms with Crippen molar-refractivity contribution in [3.8, 4) is 11.1 Å². The molecule has 16 heteroatoms. The van der Waals surface area contributed by atoms with Crippen LogP contribution in [0.25, 0.3) is 11.1 Å². The van der Waals surface area contributed by atoms with Gasteiger partial charge in [0.1, 0.15) is 23.2 Å². The summed E-state index contributed by atoms with van der Waals surface area (Å²) in [6, 6.07) is 1.53. The molecule has 1 saturated heterocycles. The van der Waals surface area contributed by atoms with Gasteiger partial charge in [-0.25, -0.2) is 8.78 Å². The van der Waals surface area contributed by atoms with Gasteiger partial charge >= 0.3 is 18.3 Å². The van der Waals surface area contributed by atoms with Crippen molar-refractivity contribution in [1.29, 1.82) is 0 Å². The number of amides is 1. The number of carbonyl (C=O) groups is 2. The van der Waals surface area contributed by atoms with Gasteiger partial charge in [0.15, 0.2) is 0 Å².